The van der Waals surface area contributed by atoms with Crippen LogP contribution in [0.1, 0.15) is 5.56 Å². The lowest BCUT2D eigenvalue weighted by Crippen LogP contribution is -2.12. The van der Waals surface area contributed by atoms with Crippen LogP contribution in [0.2, 0.25) is 0 Å². The van der Waals surface area contributed by atoms with Gasteiger partial charge >= 0.3 is 0 Å². The van der Waals surface area contributed by atoms with Gasteiger partial charge < -0.3 is 5.32 Å². The molecule has 1 N–H and O–H groups in total. The summed E-state index contributed by atoms with van der Waals surface area (Å²) in [6.45, 7) is 3.92. The van der Waals surface area contributed by atoms with Crippen molar-refractivity contribution in [3.63, 3.8) is 0 Å². The average Bonchev–Trinajstić information content (AvgIpc) is 2.54. The lowest BCUT2D eigenvalue weighted by molar-refractivity contribution is -0.111. The number of carbonyl (C=O) groups is 1. The highest BCUT2D eigenvalue weighted by Crippen LogP contribution is 2.21. The van der Waals surface area contributed by atoms with Gasteiger partial charge in [0, 0.05) is 11.3 Å². The molecule has 3 aromatic rings. The molecule has 21 heavy (non-hydrogen) atoms. The third-order valence-electron chi connectivity index (χ3n) is 3.40. The van der Waals surface area contributed by atoms with Gasteiger partial charge in [-0.3, -0.25) is 4.79 Å². The summed E-state index contributed by atoms with van der Waals surface area (Å²) in [6.07, 6.45) is 0. The third-order valence-corrected chi connectivity index (χ3v) is 3.40. The van der Waals surface area contributed by atoms with Gasteiger partial charge in [0.05, 0.1) is 0 Å². The van der Waals surface area contributed by atoms with Crippen LogP contribution in [0.3, 0.4) is 0 Å². The fourth-order valence-corrected chi connectivity index (χ4v) is 2.24. The van der Waals surface area contributed by atoms with Crippen LogP contribution < -0.4 is 5.32 Å². The van der Waals surface area contributed by atoms with Crippen LogP contribution in [0, 0.1) is 0 Å². The fourth-order valence-electron chi connectivity index (χ4n) is 2.24. The molecule has 0 aromatic heterocycles. The summed E-state index contributed by atoms with van der Waals surface area (Å²) >= 11 is 0. The molecule has 102 valence electrons. The Hall–Kier alpha value is -2.87. The number of amides is 1. The molecule has 0 saturated carbocycles. The van der Waals surface area contributed by atoms with Crippen LogP contribution in [0.4, 0.5) is 5.69 Å². The van der Waals surface area contributed by atoms with Gasteiger partial charge in [-0.1, -0.05) is 61.2 Å². The van der Waals surface area contributed by atoms with E-state index < -0.39 is 0 Å². The number of para-hydroxylation sites is 1. The summed E-state index contributed by atoms with van der Waals surface area (Å²) in [7, 11) is 0. The Morgan fingerprint density at radius 2 is 1.48 bits per heavy atom. The molecular weight excluding hydrogens is 258 g/mol. The maximum atomic E-state index is 12.2. The Morgan fingerprint density at radius 1 is 0.810 bits per heavy atom. The normalized spacial score (nSPS) is 10.3. The van der Waals surface area contributed by atoms with Gasteiger partial charge in [0.2, 0.25) is 0 Å². The summed E-state index contributed by atoms with van der Waals surface area (Å²) in [5.41, 5.74) is 2.07. The van der Waals surface area contributed by atoms with Crippen LogP contribution in [0.15, 0.2) is 79.4 Å². The van der Waals surface area contributed by atoms with Crippen molar-refractivity contribution < 1.29 is 4.79 Å². The number of benzene rings is 3. The molecule has 0 aliphatic rings. The zero-order valence-electron chi connectivity index (χ0n) is 11.5. The van der Waals surface area contributed by atoms with Crippen LogP contribution in [-0.2, 0) is 4.79 Å². The predicted molar refractivity (Wildman–Crippen MR) is 88.1 cm³/mol. The number of carbonyl (C=O) groups excluding carboxylic acids is 1. The lowest BCUT2D eigenvalue weighted by atomic mass is 10.0. The summed E-state index contributed by atoms with van der Waals surface area (Å²) in [6, 6.07) is 23.4. The van der Waals surface area contributed by atoms with Gasteiger partial charge in [0.1, 0.15) is 0 Å². The quantitative estimate of drug-likeness (QED) is 0.700. The molecule has 1 amide bonds. The minimum atomic E-state index is -0.184. The molecule has 0 atom stereocenters. The van der Waals surface area contributed by atoms with Crippen molar-refractivity contribution >= 4 is 27.9 Å². The summed E-state index contributed by atoms with van der Waals surface area (Å²) in [4.78, 5) is 12.2. The molecule has 2 nitrogen and oxygen atoms in total. The first-order valence-corrected chi connectivity index (χ1v) is 6.78. The van der Waals surface area contributed by atoms with E-state index in [9.17, 15) is 4.79 Å². The van der Waals surface area contributed by atoms with Gasteiger partial charge in [-0.15, -0.1) is 0 Å². The highest BCUT2D eigenvalue weighted by atomic mass is 16.1. The van der Waals surface area contributed by atoms with Crippen molar-refractivity contribution in [2.45, 2.75) is 0 Å². The largest absolute Gasteiger partial charge is 0.322 e. The second-order valence-corrected chi connectivity index (χ2v) is 4.86. The van der Waals surface area contributed by atoms with E-state index in [0.29, 0.717) is 5.57 Å². The molecule has 0 aliphatic carbocycles. The van der Waals surface area contributed by atoms with Crippen molar-refractivity contribution in [3.05, 3.63) is 84.9 Å². The smallest absolute Gasteiger partial charge is 0.255 e. The second kappa shape index (κ2) is 5.63. The fraction of sp³-hybridized carbons (Fsp3) is 0. The Bertz CT molecular complexity index is 806. The summed E-state index contributed by atoms with van der Waals surface area (Å²) in [5, 5.41) is 5.10. The molecule has 0 spiro atoms. The van der Waals surface area contributed by atoms with Gasteiger partial charge in [0.15, 0.2) is 0 Å². The highest BCUT2D eigenvalue weighted by molar-refractivity contribution is 6.25. The molecule has 0 bridgehead atoms. The Labute approximate surface area is 123 Å². The number of hydrogen-bond donors (Lipinski definition) is 1. The van der Waals surface area contributed by atoms with E-state index in [0.717, 1.165) is 22.0 Å². The average molecular weight is 273 g/mol. The maximum absolute atomic E-state index is 12.2. The van der Waals surface area contributed by atoms with Crippen LogP contribution in [0.25, 0.3) is 16.3 Å². The summed E-state index contributed by atoms with van der Waals surface area (Å²) in [5.74, 6) is -0.184. The number of nitrogens with one attached hydrogen (secondary N) is 1. The maximum Gasteiger partial charge on any atom is 0.255 e. The van der Waals surface area contributed by atoms with Crippen molar-refractivity contribution in [1.29, 1.82) is 0 Å². The van der Waals surface area contributed by atoms with E-state index in [1.54, 1.807) is 0 Å². The standard InChI is InChI=1S/C19H15NO/c1-14(19(21)20-18-9-3-2-4-10-18)16-12-11-15-7-5-6-8-17(15)13-16/h2-13H,1H2,(H,20,21). The van der Waals surface area contributed by atoms with Crippen LogP contribution in [0.5, 0.6) is 0 Å². The first kappa shape index (κ1) is 13.1. The summed E-state index contributed by atoms with van der Waals surface area (Å²) < 4.78 is 0. The molecule has 0 radical (unpaired) electrons. The monoisotopic (exact) mass is 273 g/mol. The third kappa shape index (κ3) is 2.84. The van der Waals surface area contributed by atoms with Crippen molar-refractivity contribution in [3.8, 4) is 0 Å². The number of hydrogen-bond acceptors (Lipinski definition) is 1. The zero-order chi connectivity index (χ0) is 14.7. The van der Waals surface area contributed by atoms with Crippen molar-refractivity contribution in [2.75, 3.05) is 5.32 Å². The molecule has 2 heteroatoms. The Kier molecular flexibility index (Phi) is 3.52. The molecule has 0 saturated heterocycles. The van der Waals surface area contributed by atoms with Crippen molar-refractivity contribution in [2.24, 2.45) is 0 Å². The molecular formula is C19H15NO. The molecule has 0 unspecified atom stereocenters. The van der Waals surface area contributed by atoms with E-state index in [4.69, 9.17) is 0 Å². The molecule has 3 aromatic carbocycles. The first-order chi connectivity index (χ1) is 10.2. The zero-order valence-corrected chi connectivity index (χ0v) is 11.5. The number of fused-ring (bicyclic) bond motifs is 1. The van der Waals surface area contributed by atoms with Gasteiger partial charge in [0.25, 0.3) is 5.91 Å². The van der Waals surface area contributed by atoms with E-state index in [2.05, 4.69) is 11.9 Å². The topological polar surface area (TPSA) is 29.1 Å². The van der Waals surface area contributed by atoms with E-state index >= 15 is 0 Å². The highest BCUT2D eigenvalue weighted by Gasteiger charge is 2.10. The van der Waals surface area contributed by atoms with E-state index in [1.165, 1.54) is 0 Å². The van der Waals surface area contributed by atoms with Gasteiger partial charge in [-0.2, -0.15) is 0 Å². The molecule has 0 fully saturated rings. The number of rotatable bonds is 3. The van der Waals surface area contributed by atoms with Gasteiger partial charge in [-0.25, -0.2) is 0 Å². The Morgan fingerprint density at radius 3 is 2.24 bits per heavy atom. The van der Waals surface area contributed by atoms with Crippen molar-refractivity contribution in [1.82, 2.24) is 0 Å². The predicted octanol–water partition coefficient (Wildman–Crippen LogP) is 4.49. The minimum absolute atomic E-state index is 0.184. The van der Waals surface area contributed by atoms with E-state index in [1.807, 2.05) is 72.8 Å². The number of anilines is 1. The van der Waals surface area contributed by atoms with Gasteiger partial charge in [-0.05, 0) is 34.5 Å². The van der Waals surface area contributed by atoms with E-state index in [-0.39, 0.29) is 5.91 Å². The first-order valence-electron chi connectivity index (χ1n) is 6.78. The molecule has 0 heterocycles. The van der Waals surface area contributed by atoms with Crippen LogP contribution >= 0.6 is 0 Å². The van der Waals surface area contributed by atoms with Crippen LogP contribution in [-0.4, -0.2) is 5.91 Å². The molecule has 0 aliphatic heterocycles. The Balaban J connectivity index is 1.84. The second-order valence-electron chi connectivity index (χ2n) is 4.86. The minimum Gasteiger partial charge on any atom is -0.322 e. The lowest BCUT2D eigenvalue weighted by Gasteiger charge is -2.09. The SMILES string of the molecule is C=C(C(=O)Nc1ccccc1)c1ccc2ccccc2c1. The molecule has 3 rings (SSSR count).